The van der Waals surface area contributed by atoms with Crippen LogP contribution < -0.4 is 9.64 Å². The summed E-state index contributed by atoms with van der Waals surface area (Å²) in [6, 6.07) is 3.12. The van der Waals surface area contributed by atoms with E-state index in [1.165, 1.54) is 32.3 Å². The van der Waals surface area contributed by atoms with Gasteiger partial charge in [0.25, 0.3) is 0 Å². The van der Waals surface area contributed by atoms with Gasteiger partial charge in [-0.05, 0) is 24.8 Å². The normalized spacial score (nSPS) is 19.8. The summed E-state index contributed by atoms with van der Waals surface area (Å²) in [4.78, 5) is 13.5. The zero-order valence-corrected chi connectivity index (χ0v) is 15.2. The van der Waals surface area contributed by atoms with Crippen LogP contribution in [-0.2, 0) is 4.74 Å². The highest BCUT2D eigenvalue weighted by molar-refractivity contribution is 5.90. The van der Waals surface area contributed by atoms with Crippen molar-refractivity contribution in [2.45, 2.75) is 12.8 Å². The fourth-order valence-electron chi connectivity index (χ4n) is 3.89. The van der Waals surface area contributed by atoms with Crippen molar-refractivity contribution in [1.29, 1.82) is 0 Å². The van der Waals surface area contributed by atoms with Crippen molar-refractivity contribution in [3.63, 3.8) is 0 Å². The number of benzene rings is 1. The molecule has 7 heteroatoms. The molecule has 0 saturated carbocycles. The number of piperazine rings is 1. The van der Waals surface area contributed by atoms with Gasteiger partial charge in [-0.25, -0.2) is 14.4 Å². The molecule has 2 aliphatic heterocycles. The Kier molecular flexibility index (Phi) is 5.17. The highest BCUT2D eigenvalue weighted by atomic mass is 19.1. The summed E-state index contributed by atoms with van der Waals surface area (Å²) in [6.07, 6.45) is 3.85. The van der Waals surface area contributed by atoms with E-state index in [1.54, 1.807) is 6.07 Å². The number of fused-ring (bicyclic) bond motifs is 1. The summed E-state index contributed by atoms with van der Waals surface area (Å²) in [6.45, 7) is 6.80. The average molecular weight is 360 g/mol. The molecule has 0 amide bonds. The Morgan fingerprint density at radius 2 is 1.92 bits per heavy atom. The third kappa shape index (κ3) is 3.59. The standard InChI is InChI=1S/C19H25FN4O2/c1-25-18-10-15-17(11-16(18)20)21-13-22-19(15)24-6-4-23(5-7-24)12-14-2-8-26-9-3-14/h10-11,13-14H,2-9,12H2,1H3. The molecular weight excluding hydrogens is 335 g/mol. The first-order chi connectivity index (χ1) is 12.7. The van der Waals surface area contributed by atoms with Gasteiger partial charge >= 0.3 is 0 Å². The number of ether oxygens (including phenoxy) is 2. The van der Waals surface area contributed by atoms with Gasteiger partial charge in [0, 0.05) is 57.4 Å². The fourth-order valence-corrected chi connectivity index (χ4v) is 3.89. The van der Waals surface area contributed by atoms with Gasteiger partial charge < -0.3 is 14.4 Å². The van der Waals surface area contributed by atoms with E-state index in [0.29, 0.717) is 5.52 Å². The number of halogens is 1. The van der Waals surface area contributed by atoms with E-state index >= 15 is 0 Å². The molecule has 1 aromatic carbocycles. The molecule has 3 heterocycles. The smallest absolute Gasteiger partial charge is 0.167 e. The van der Waals surface area contributed by atoms with E-state index in [2.05, 4.69) is 19.8 Å². The maximum absolute atomic E-state index is 14.0. The van der Waals surface area contributed by atoms with Crippen LogP contribution in [0.4, 0.5) is 10.2 Å². The van der Waals surface area contributed by atoms with Crippen LogP contribution in [0.2, 0.25) is 0 Å². The fraction of sp³-hybridized carbons (Fsp3) is 0.579. The Balaban J connectivity index is 1.47. The van der Waals surface area contributed by atoms with Gasteiger partial charge in [-0.2, -0.15) is 0 Å². The van der Waals surface area contributed by atoms with Gasteiger partial charge in [-0.15, -0.1) is 0 Å². The van der Waals surface area contributed by atoms with E-state index < -0.39 is 5.82 Å². The summed E-state index contributed by atoms with van der Waals surface area (Å²) in [5.41, 5.74) is 0.609. The monoisotopic (exact) mass is 360 g/mol. The van der Waals surface area contributed by atoms with Crippen molar-refractivity contribution >= 4 is 16.7 Å². The SMILES string of the molecule is COc1cc2c(N3CCN(CC4CCOCC4)CC3)ncnc2cc1F. The highest BCUT2D eigenvalue weighted by Gasteiger charge is 2.23. The Labute approximate surface area is 152 Å². The number of nitrogens with zero attached hydrogens (tertiary/aromatic N) is 4. The minimum Gasteiger partial charge on any atom is -0.494 e. The molecule has 0 aliphatic carbocycles. The highest BCUT2D eigenvalue weighted by Crippen LogP contribution is 2.30. The molecule has 0 bridgehead atoms. The van der Waals surface area contributed by atoms with Crippen LogP contribution in [-0.4, -0.2) is 67.9 Å². The van der Waals surface area contributed by atoms with Crippen molar-refractivity contribution < 1.29 is 13.9 Å². The van der Waals surface area contributed by atoms with Crippen LogP contribution in [0.25, 0.3) is 10.9 Å². The molecule has 0 N–H and O–H groups in total. The van der Waals surface area contributed by atoms with Crippen molar-refractivity contribution in [3.05, 3.63) is 24.3 Å². The number of methoxy groups -OCH3 is 1. The first-order valence-corrected chi connectivity index (χ1v) is 9.28. The molecular formula is C19H25FN4O2. The zero-order chi connectivity index (χ0) is 17.9. The molecule has 0 radical (unpaired) electrons. The molecule has 0 unspecified atom stereocenters. The van der Waals surface area contributed by atoms with Gasteiger partial charge in [0.15, 0.2) is 11.6 Å². The number of hydrogen-bond acceptors (Lipinski definition) is 6. The largest absolute Gasteiger partial charge is 0.494 e. The van der Waals surface area contributed by atoms with E-state index in [9.17, 15) is 4.39 Å². The van der Waals surface area contributed by atoms with Gasteiger partial charge in [-0.3, -0.25) is 4.90 Å². The number of hydrogen-bond donors (Lipinski definition) is 0. The molecule has 6 nitrogen and oxygen atoms in total. The summed E-state index contributed by atoms with van der Waals surface area (Å²) in [5, 5.41) is 0.837. The van der Waals surface area contributed by atoms with E-state index in [1.807, 2.05) is 0 Å². The quantitative estimate of drug-likeness (QED) is 0.834. The van der Waals surface area contributed by atoms with Gasteiger partial charge in [0.1, 0.15) is 12.1 Å². The second-order valence-corrected chi connectivity index (χ2v) is 7.04. The van der Waals surface area contributed by atoms with Crippen LogP contribution >= 0.6 is 0 Å². The lowest BCUT2D eigenvalue weighted by atomic mass is 9.99. The van der Waals surface area contributed by atoms with Crippen LogP contribution in [0.5, 0.6) is 5.75 Å². The summed E-state index contributed by atoms with van der Waals surface area (Å²) >= 11 is 0. The van der Waals surface area contributed by atoms with Gasteiger partial charge in [0.05, 0.1) is 12.6 Å². The summed E-state index contributed by atoms with van der Waals surface area (Å²) in [7, 11) is 1.47. The lowest BCUT2D eigenvalue weighted by Gasteiger charge is -2.38. The molecule has 2 aromatic rings. The van der Waals surface area contributed by atoms with Gasteiger partial charge in [-0.1, -0.05) is 0 Å². The molecule has 1 aromatic heterocycles. The van der Waals surface area contributed by atoms with Gasteiger partial charge in [0.2, 0.25) is 0 Å². The maximum atomic E-state index is 14.0. The van der Waals surface area contributed by atoms with Crippen LogP contribution in [0.3, 0.4) is 0 Å². The van der Waals surface area contributed by atoms with Crippen molar-refractivity contribution in [1.82, 2.24) is 14.9 Å². The number of anilines is 1. The minimum atomic E-state index is -0.397. The van der Waals surface area contributed by atoms with E-state index in [-0.39, 0.29) is 5.75 Å². The third-order valence-electron chi connectivity index (χ3n) is 5.42. The Hall–Kier alpha value is -1.99. The Morgan fingerprint density at radius 3 is 2.65 bits per heavy atom. The van der Waals surface area contributed by atoms with Crippen molar-refractivity contribution in [2.75, 3.05) is 57.9 Å². The lowest BCUT2D eigenvalue weighted by Crippen LogP contribution is -2.48. The van der Waals surface area contributed by atoms with Crippen LogP contribution in [0.1, 0.15) is 12.8 Å². The predicted octanol–water partition coefficient (Wildman–Crippen LogP) is 2.33. The summed E-state index contributed by atoms with van der Waals surface area (Å²) in [5.74, 6) is 1.44. The van der Waals surface area contributed by atoms with Crippen LogP contribution in [0.15, 0.2) is 18.5 Å². The predicted molar refractivity (Wildman–Crippen MR) is 98.2 cm³/mol. The Morgan fingerprint density at radius 1 is 1.15 bits per heavy atom. The molecule has 0 spiro atoms. The van der Waals surface area contributed by atoms with Crippen molar-refractivity contribution in [2.24, 2.45) is 5.92 Å². The third-order valence-corrected chi connectivity index (χ3v) is 5.42. The second kappa shape index (κ2) is 7.72. The second-order valence-electron chi connectivity index (χ2n) is 7.04. The molecule has 0 atom stereocenters. The first kappa shape index (κ1) is 17.4. The topological polar surface area (TPSA) is 50.7 Å². The van der Waals surface area contributed by atoms with E-state index in [4.69, 9.17) is 9.47 Å². The molecule has 2 aliphatic rings. The average Bonchev–Trinajstić information content (AvgIpc) is 2.68. The van der Waals surface area contributed by atoms with Crippen LogP contribution in [0, 0.1) is 11.7 Å². The molecule has 4 rings (SSSR count). The molecule has 140 valence electrons. The summed E-state index contributed by atoms with van der Waals surface area (Å²) < 4.78 is 24.5. The number of aromatic nitrogens is 2. The van der Waals surface area contributed by atoms with E-state index in [0.717, 1.165) is 63.1 Å². The number of rotatable bonds is 4. The molecule has 26 heavy (non-hydrogen) atoms. The van der Waals surface area contributed by atoms with Crippen molar-refractivity contribution in [3.8, 4) is 5.75 Å². The maximum Gasteiger partial charge on any atom is 0.167 e. The Bertz CT molecular complexity index is 759. The minimum absolute atomic E-state index is 0.228. The molecule has 2 saturated heterocycles. The lowest BCUT2D eigenvalue weighted by molar-refractivity contribution is 0.0517. The molecule has 2 fully saturated rings. The zero-order valence-electron chi connectivity index (χ0n) is 15.2. The first-order valence-electron chi connectivity index (χ1n) is 9.28.